The fourth-order valence-corrected chi connectivity index (χ4v) is 1.51. The maximum atomic E-state index is 5.81. The summed E-state index contributed by atoms with van der Waals surface area (Å²) in [4.78, 5) is 10.0. The Morgan fingerprint density at radius 1 is 1.50 bits per heavy atom. The number of anilines is 1. The Balaban J connectivity index is 2.11. The first kappa shape index (κ1) is 10.9. The van der Waals surface area contributed by atoms with E-state index in [0.29, 0.717) is 23.4 Å². The lowest BCUT2D eigenvalue weighted by Crippen LogP contribution is -2.17. The van der Waals surface area contributed by atoms with Gasteiger partial charge in [0.1, 0.15) is 5.15 Å². The number of aromatic nitrogens is 3. The minimum atomic E-state index is 0.466. The molecule has 0 saturated heterocycles. The molecule has 0 bridgehead atoms. The summed E-state index contributed by atoms with van der Waals surface area (Å²) in [5.41, 5.74) is 0.961. The van der Waals surface area contributed by atoms with Crippen LogP contribution in [-0.2, 0) is 6.54 Å². The molecular formula is C10H11ClN4O. The fraction of sp³-hybridized carbons (Fsp3) is 0.300. The second-order valence-electron chi connectivity index (χ2n) is 3.42. The zero-order valence-corrected chi connectivity index (χ0v) is 9.77. The average Bonchev–Trinajstić information content (AvgIpc) is 2.64. The normalized spacial score (nSPS) is 10.4. The molecule has 2 rings (SSSR count). The van der Waals surface area contributed by atoms with Gasteiger partial charge in [0.2, 0.25) is 5.89 Å². The van der Waals surface area contributed by atoms with Crippen LogP contribution in [0, 0.1) is 6.92 Å². The smallest absolute Gasteiger partial charge is 0.223 e. The number of nitrogens with zero attached hydrogens (tertiary/aromatic N) is 4. The third kappa shape index (κ3) is 2.49. The predicted octanol–water partition coefficient (Wildman–Crippen LogP) is 2.06. The molecule has 0 saturated carbocycles. The summed E-state index contributed by atoms with van der Waals surface area (Å²) in [6, 6.07) is 3.66. The Morgan fingerprint density at radius 2 is 2.31 bits per heavy atom. The first-order valence-corrected chi connectivity index (χ1v) is 5.15. The molecule has 0 unspecified atom stereocenters. The molecule has 2 aromatic heterocycles. The van der Waals surface area contributed by atoms with E-state index in [2.05, 4.69) is 15.1 Å². The Labute approximate surface area is 98.1 Å². The Morgan fingerprint density at radius 3 is 2.94 bits per heavy atom. The van der Waals surface area contributed by atoms with Crippen LogP contribution in [0.25, 0.3) is 0 Å². The van der Waals surface area contributed by atoms with Crippen LogP contribution in [0.2, 0.25) is 5.15 Å². The molecule has 0 radical (unpaired) electrons. The molecule has 0 atom stereocenters. The number of rotatable bonds is 3. The summed E-state index contributed by atoms with van der Waals surface area (Å²) in [6.07, 6.45) is 1.66. The zero-order valence-electron chi connectivity index (χ0n) is 9.01. The highest BCUT2D eigenvalue weighted by molar-refractivity contribution is 6.29. The molecule has 2 heterocycles. The van der Waals surface area contributed by atoms with E-state index in [-0.39, 0.29) is 0 Å². The van der Waals surface area contributed by atoms with Crippen LogP contribution in [0.4, 0.5) is 5.69 Å². The van der Waals surface area contributed by atoms with E-state index >= 15 is 0 Å². The van der Waals surface area contributed by atoms with Crippen LogP contribution in [0.1, 0.15) is 11.7 Å². The van der Waals surface area contributed by atoms with E-state index in [0.717, 1.165) is 5.69 Å². The number of pyridine rings is 1. The Bertz CT molecular complexity index is 485. The van der Waals surface area contributed by atoms with Crippen LogP contribution >= 0.6 is 11.6 Å². The van der Waals surface area contributed by atoms with E-state index in [1.54, 1.807) is 19.2 Å². The molecule has 84 valence electrons. The molecular weight excluding hydrogens is 228 g/mol. The lowest BCUT2D eigenvalue weighted by atomic mass is 10.3. The van der Waals surface area contributed by atoms with E-state index < -0.39 is 0 Å². The monoisotopic (exact) mass is 238 g/mol. The number of hydrogen-bond acceptors (Lipinski definition) is 5. The van der Waals surface area contributed by atoms with Crippen LogP contribution in [0.5, 0.6) is 0 Å². The topological polar surface area (TPSA) is 55.1 Å². The van der Waals surface area contributed by atoms with Crippen molar-refractivity contribution in [3.63, 3.8) is 0 Å². The van der Waals surface area contributed by atoms with Crippen LogP contribution < -0.4 is 4.90 Å². The summed E-state index contributed by atoms with van der Waals surface area (Å²) < 4.78 is 4.90. The molecule has 0 aliphatic carbocycles. The molecule has 2 aromatic rings. The van der Waals surface area contributed by atoms with Crippen molar-refractivity contribution in [3.05, 3.63) is 35.2 Å². The first-order valence-electron chi connectivity index (χ1n) is 4.77. The minimum Gasteiger partial charge on any atom is -0.367 e. The van der Waals surface area contributed by atoms with Crippen molar-refractivity contribution in [3.8, 4) is 0 Å². The van der Waals surface area contributed by atoms with Crippen LogP contribution in [0.15, 0.2) is 22.9 Å². The second-order valence-corrected chi connectivity index (χ2v) is 3.81. The number of aryl methyl sites for hydroxylation is 1. The van der Waals surface area contributed by atoms with Gasteiger partial charge in [-0.15, -0.1) is 0 Å². The van der Waals surface area contributed by atoms with Gasteiger partial charge in [0.25, 0.3) is 0 Å². The quantitative estimate of drug-likeness (QED) is 0.767. The zero-order chi connectivity index (χ0) is 11.5. The summed E-state index contributed by atoms with van der Waals surface area (Å²) >= 11 is 5.81. The minimum absolute atomic E-state index is 0.466. The van der Waals surface area contributed by atoms with Gasteiger partial charge in [-0.3, -0.25) is 0 Å². The Kier molecular flexibility index (Phi) is 3.05. The van der Waals surface area contributed by atoms with Gasteiger partial charge in [0.15, 0.2) is 5.82 Å². The molecule has 0 fully saturated rings. The fourth-order valence-electron chi connectivity index (χ4n) is 1.34. The van der Waals surface area contributed by atoms with Gasteiger partial charge in [0, 0.05) is 25.9 Å². The van der Waals surface area contributed by atoms with Gasteiger partial charge in [-0.05, 0) is 12.1 Å². The highest BCUT2D eigenvalue weighted by atomic mass is 35.5. The highest BCUT2D eigenvalue weighted by Crippen LogP contribution is 2.17. The van der Waals surface area contributed by atoms with Crippen molar-refractivity contribution in [1.82, 2.24) is 15.1 Å². The second kappa shape index (κ2) is 4.49. The van der Waals surface area contributed by atoms with Crippen molar-refractivity contribution in [2.75, 3.05) is 11.9 Å². The molecule has 0 spiro atoms. The van der Waals surface area contributed by atoms with E-state index in [1.165, 1.54) is 0 Å². The third-order valence-corrected chi connectivity index (χ3v) is 2.31. The maximum Gasteiger partial charge on any atom is 0.223 e. The van der Waals surface area contributed by atoms with Gasteiger partial charge >= 0.3 is 0 Å². The predicted molar refractivity (Wildman–Crippen MR) is 60.4 cm³/mol. The molecule has 5 nitrogen and oxygen atoms in total. The molecule has 0 N–H and O–H groups in total. The molecule has 0 aliphatic rings. The van der Waals surface area contributed by atoms with E-state index in [4.69, 9.17) is 16.1 Å². The lowest BCUT2D eigenvalue weighted by molar-refractivity contribution is 0.387. The lowest BCUT2D eigenvalue weighted by Gasteiger charge is -2.16. The molecule has 0 aromatic carbocycles. The summed E-state index contributed by atoms with van der Waals surface area (Å²) in [5, 5.41) is 4.29. The van der Waals surface area contributed by atoms with Crippen molar-refractivity contribution in [1.29, 1.82) is 0 Å². The van der Waals surface area contributed by atoms with Crippen LogP contribution in [0.3, 0.4) is 0 Å². The van der Waals surface area contributed by atoms with Crippen molar-refractivity contribution >= 4 is 17.3 Å². The molecule has 0 amide bonds. The van der Waals surface area contributed by atoms with Gasteiger partial charge < -0.3 is 9.42 Å². The average molecular weight is 239 g/mol. The number of hydrogen-bond donors (Lipinski definition) is 0. The summed E-state index contributed by atoms with van der Waals surface area (Å²) in [5.74, 6) is 1.21. The van der Waals surface area contributed by atoms with Gasteiger partial charge in [0.05, 0.1) is 6.54 Å². The third-order valence-electron chi connectivity index (χ3n) is 2.10. The molecule has 16 heavy (non-hydrogen) atoms. The van der Waals surface area contributed by atoms with Crippen molar-refractivity contribution in [2.45, 2.75) is 13.5 Å². The van der Waals surface area contributed by atoms with Crippen LogP contribution in [-0.4, -0.2) is 22.2 Å². The molecule has 6 heteroatoms. The summed E-state index contributed by atoms with van der Waals surface area (Å²) in [6.45, 7) is 2.33. The van der Waals surface area contributed by atoms with Gasteiger partial charge in [-0.25, -0.2) is 4.98 Å². The van der Waals surface area contributed by atoms with E-state index in [9.17, 15) is 0 Å². The number of halogens is 1. The maximum absolute atomic E-state index is 5.81. The van der Waals surface area contributed by atoms with Gasteiger partial charge in [-0.2, -0.15) is 4.98 Å². The van der Waals surface area contributed by atoms with E-state index in [1.807, 2.05) is 18.0 Å². The highest BCUT2D eigenvalue weighted by Gasteiger charge is 2.07. The largest absolute Gasteiger partial charge is 0.367 e. The standard InChI is InChI=1S/C10H11ClN4O/c1-7-13-10(14-16-7)6-15(2)8-3-4-12-9(11)5-8/h3-5H,6H2,1-2H3. The van der Waals surface area contributed by atoms with Gasteiger partial charge in [-0.1, -0.05) is 16.8 Å². The SMILES string of the molecule is Cc1nc(CN(C)c2ccnc(Cl)c2)no1. The Hall–Kier alpha value is -1.62. The summed E-state index contributed by atoms with van der Waals surface area (Å²) in [7, 11) is 1.93. The molecule has 0 aliphatic heterocycles. The van der Waals surface area contributed by atoms with Crippen molar-refractivity contribution in [2.24, 2.45) is 0 Å². The first-order chi connectivity index (χ1) is 7.65. The van der Waals surface area contributed by atoms with Crippen molar-refractivity contribution < 1.29 is 4.52 Å².